The second kappa shape index (κ2) is 4.03. The van der Waals surface area contributed by atoms with Crippen LogP contribution in [0.3, 0.4) is 0 Å². The number of rotatable bonds is 1. The summed E-state index contributed by atoms with van der Waals surface area (Å²) < 4.78 is 28.9. The van der Waals surface area contributed by atoms with Crippen molar-refractivity contribution < 1.29 is 13.0 Å². The zero-order chi connectivity index (χ0) is 10.4. The number of para-hydroxylation sites is 1. The van der Waals surface area contributed by atoms with Gasteiger partial charge in [0.25, 0.3) is 3.66 Å². The maximum Gasteiger partial charge on any atom is 0.314 e. The summed E-state index contributed by atoms with van der Waals surface area (Å²) in [7, 11) is -4.35. The van der Waals surface area contributed by atoms with Crippen LogP contribution in [0, 0.1) is 0 Å². The van der Waals surface area contributed by atoms with E-state index in [1.165, 1.54) is 0 Å². The van der Waals surface area contributed by atoms with E-state index in [2.05, 4.69) is 5.32 Å². The fourth-order valence-electron chi connectivity index (χ4n) is 1.10. The lowest BCUT2D eigenvalue weighted by Crippen LogP contribution is -2.33. The first kappa shape index (κ1) is 12.9. The summed E-state index contributed by atoms with van der Waals surface area (Å²) in [4.78, 5) is 0.695. The zero-order valence-corrected chi connectivity index (χ0v) is 10.4. The molecule has 1 aliphatic heterocycles. The van der Waals surface area contributed by atoms with E-state index in [1.807, 2.05) is 0 Å². The van der Waals surface area contributed by atoms with E-state index >= 15 is 0 Å². The molecule has 0 radical (unpaired) electrons. The highest BCUT2D eigenvalue weighted by atomic mass is 35.5. The molecule has 0 aromatic heterocycles. The Bertz CT molecular complexity index is 452. The zero-order valence-electron chi connectivity index (χ0n) is 7.18. The molecule has 0 bridgehead atoms. The van der Waals surface area contributed by atoms with E-state index in [9.17, 15) is 8.42 Å². The molecule has 1 unspecified atom stereocenters. The van der Waals surface area contributed by atoms with Gasteiger partial charge in [-0.3, -0.25) is 4.55 Å². The van der Waals surface area contributed by atoms with Gasteiger partial charge < -0.3 is 5.32 Å². The van der Waals surface area contributed by atoms with Gasteiger partial charge in [-0.15, -0.1) is 12.4 Å². The maximum absolute atomic E-state index is 11.0. The minimum absolute atomic E-state index is 0. The average molecular weight is 288 g/mol. The lowest BCUT2D eigenvalue weighted by Gasteiger charge is -2.16. The Hall–Kier alpha value is -0.140. The van der Waals surface area contributed by atoms with Gasteiger partial charge >= 0.3 is 10.1 Å². The number of halogens is 2. The van der Waals surface area contributed by atoms with E-state index in [4.69, 9.17) is 16.2 Å². The molecule has 1 heterocycles. The number of nitrogens with one attached hydrogen (secondary N) is 1. The Labute approximate surface area is 103 Å². The predicted octanol–water partition coefficient (Wildman–Crippen LogP) is 2.36. The van der Waals surface area contributed by atoms with Gasteiger partial charge in [0.15, 0.2) is 0 Å². The van der Waals surface area contributed by atoms with Crippen molar-refractivity contribution in [1.29, 1.82) is 0 Å². The molecule has 2 rings (SSSR count). The predicted molar refractivity (Wildman–Crippen MR) is 63.3 cm³/mol. The number of alkyl halides is 1. The van der Waals surface area contributed by atoms with Crippen molar-refractivity contribution in [3.05, 3.63) is 24.3 Å². The van der Waals surface area contributed by atoms with Gasteiger partial charge in [-0.25, -0.2) is 0 Å². The summed E-state index contributed by atoms with van der Waals surface area (Å²) >= 11 is 6.59. The molecule has 4 nitrogen and oxygen atoms in total. The molecule has 8 heteroatoms. The van der Waals surface area contributed by atoms with Gasteiger partial charge in [0, 0.05) is 4.90 Å². The lowest BCUT2D eigenvalue weighted by molar-refractivity contribution is 0.479. The van der Waals surface area contributed by atoms with Gasteiger partial charge in [0.05, 0.1) is 5.69 Å². The van der Waals surface area contributed by atoms with Crippen LogP contribution in [-0.2, 0) is 10.1 Å². The first-order valence-electron chi connectivity index (χ1n) is 3.64. The summed E-state index contributed by atoms with van der Waals surface area (Å²) in [5.41, 5.74) is 0.602. The molecule has 84 valence electrons. The topological polar surface area (TPSA) is 66.4 Å². The molecular formula is C7H7Cl2NO3S2. The number of hydrogen-bond acceptors (Lipinski definition) is 4. The van der Waals surface area contributed by atoms with Crippen molar-refractivity contribution in [2.75, 3.05) is 5.32 Å². The van der Waals surface area contributed by atoms with Gasteiger partial charge in [-0.05, 0) is 12.1 Å². The number of hydrogen-bond donors (Lipinski definition) is 2. The minimum Gasteiger partial charge on any atom is -0.343 e. The molecule has 0 saturated heterocycles. The van der Waals surface area contributed by atoms with E-state index < -0.39 is 13.8 Å². The summed E-state index contributed by atoms with van der Waals surface area (Å²) in [5, 5.41) is 2.54. The van der Waals surface area contributed by atoms with Crippen LogP contribution in [0.4, 0.5) is 5.69 Å². The fraction of sp³-hybridized carbons (Fsp3) is 0.143. The molecule has 0 spiro atoms. The molecule has 1 aliphatic rings. The third-order valence-corrected chi connectivity index (χ3v) is 5.24. The quantitative estimate of drug-likeness (QED) is 0.472. The van der Waals surface area contributed by atoms with Gasteiger partial charge in [0.1, 0.15) is 0 Å². The van der Waals surface area contributed by atoms with Gasteiger partial charge in [0.2, 0.25) is 0 Å². The van der Waals surface area contributed by atoms with Crippen LogP contribution in [0.2, 0.25) is 0 Å². The molecular weight excluding hydrogens is 281 g/mol. The average Bonchev–Trinajstić information content (AvgIpc) is 2.40. The Morgan fingerprint density at radius 3 is 2.53 bits per heavy atom. The molecule has 15 heavy (non-hydrogen) atoms. The molecule has 1 atom stereocenters. The van der Waals surface area contributed by atoms with Crippen molar-refractivity contribution in [3.8, 4) is 0 Å². The highest BCUT2D eigenvalue weighted by Crippen LogP contribution is 2.49. The summed E-state index contributed by atoms with van der Waals surface area (Å²) in [6, 6.07) is 6.93. The number of anilines is 1. The summed E-state index contributed by atoms with van der Waals surface area (Å²) in [6.45, 7) is 0. The maximum atomic E-state index is 11.0. The molecule has 0 aliphatic carbocycles. The van der Waals surface area contributed by atoms with Crippen molar-refractivity contribution >= 4 is 51.6 Å². The van der Waals surface area contributed by atoms with Crippen molar-refractivity contribution in [1.82, 2.24) is 0 Å². The van der Waals surface area contributed by atoms with Crippen LogP contribution in [0.25, 0.3) is 0 Å². The van der Waals surface area contributed by atoms with E-state index in [0.29, 0.717) is 10.6 Å². The smallest absolute Gasteiger partial charge is 0.314 e. The second-order valence-electron chi connectivity index (χ2n) is 2.73. The first-order valence-corrected chi connectivity index (χ1v) is 6.28. The van der Waals surface area contributed by atoms with E-state index in [-0.39, 0.29) is 12.4 Å². The Kier molecular flexibility index (Phi) is 3.47. The van der Waals surface area contributed by atoms with Crippen molar-refractivity contribution in [2.45, 2.75) is 8.56 Å². The molecule has 1 aromatic rings. The number of fused-ring (bicyclic) bond motifs is 1. The Balaban J connectivity index is 0.00000112. The summed E-state index contributed by atoms with van der Waals surface area (Å²) in [6.07, 6.45) is 0. The van der Waals surface area contributed by atoms with Crippen molar-refractivity contribution in [3.63, 3.8) is 0 Å². The van der Waals surface area contributed by atoms with Crippen LogP contribution < -0.4 is 5.32 Å². The van der Waals surface area contributed by atoms with Crippen LogP contribution in [-0.4, -0.2) is 16.6 Å². The first-order chi connectivity index (χ1) is 6.42. The largest absolute Gasteiger partial charge is 0.343 e. The molecule has 0 saturated carbocycles. The highest BCUT2D eigenvalue weighted by molar-refractivity contribution is 8.15. The molecule has 0 fully saturated rings. The molecule has 1 aromatic carbocycles. The molecule has 0 amide bonds. The number of thioether (sulfide) groups is 1. The minimum atomic E-state index is -4.35. The standard InChI is InChI=1S/C7H6ClNO3S2.ClH/c8-7(14(10,11)12)9-5-3-1-2-4-6(5)13-7;/h1-4,9H,(H,10,11,12);1H. The SMILES string of the molecule is Cl.O=S(=O)(O)C1(Cl)Nc2ccccc2S1. The van der Waals surface area contributed by atoms with Gasteiger partial charge in [-0.1, -0.05) is 35.5 Å². The Morgan fingerprint density at radius 1 is 1.40 bits per heavy atom. The Morgan fingerprint density at radius 2 is 2.00 bits per heavy atom. The normalized spacial score (nSPS) is 23.9. The van der Waals surface area contributed by atoms with Crippen LogP contribution in [0.1, 0.15) is 0 Å². The van der Waals surface area contributed by atoms with Gasteiger partial charge in [-0.2, -0.15) is 8.42 Å². The van der Waals surface area contributed by atoms with E-state index in [0.717, 1.165) is 11.8 Å². The third kappa shape index (κ3) is 2.19. The van der Waals surface area contributed by atoms with Crippen LogP contribution in [0.15, 0.2) is 29.2 Å². The highest BCUT2D eigenvalue weighted by Gasteiger charge is 2.47. The fourth-order valence-corrected chi connectivity index (χ4v) is 3.20. The third-order valence-electron chi connectivity index (χ3n) is 1.74. The van der Waals surface area contributed by atoms with Crippen LogP contribution >= 0.6 is 35.8 Å². The van der Waals surface area contributed by atoms with E-state index in [1.54, 1.807) is 24.3 Å². The monoisotopic (exact) mass is 287 g/mol. The number of benzene rings is 1. The second-order valence-corrected chi connectivity index (χ2v) is 6.83. The lowest BCUT2D eigenvalue weighted by atomic mass is 10.3. The van der Waals surface area contributed by atoms with Crippen molar-refractivity contribution in [2.24, 2.45) is 0 Å². The van der Waals surface area contributed by atoms with Crippen LogP contribution in [0.5, 0.6) is 0 Å². The molecule has 2 N–H and O–H groups in total. The summed E-state index contributed by atoms with van der Waals surface area (Å²) in [5.74, 6) is 0.